The molecule has 0 saturated heterocycles. The number of hydrogen-bond donors (Lipinski definition) is 0. The van der Waals surface area contributed by atoms with Crippen LogP contribution in [0.15, 0.2) is 393 Å². The van der Waals surface area contributed by atoms with Crippen LogP contribution in [-0.2, 0) is 27.1 Å². The zero-order valence-electron chi connectivity index (χ0n) is 79.5. The van der Waals surface area contributed by atoms with Crippen LogP contribution in [0.2, 0.25) is 0 Å². The van der Waals surface area contributed by atoms with E-state index in [1.165, 1.54) is 38.9 Å². The third kappa shape index (κ3) is 14.6. The number of rotatable bonds is 11. The zero-order valence-corrected chi connectivity index (χ0v) is 79.5. The number of nitrogens with zero attached hydrogens (tertiary/aromatic N) is 16. The molecule has 0 saturated carbocycles. The maximum Gasteiger partial charge on any atom is 0.234 e. The Morgan fingerprint density at radius 1 is 0.227 bits per heavy atom. The van der Waals surface area contributed by atoms with Crippen molar-refractivity contribution in [3.63, 3.8) is 0 Å². The first kappa shape index (κ1) is 86.3. The van der Waals surface area contributed by atoms with E-state index in [9.17, 15) is 0 Å². The van der Waals surface area contributed by atoms with Crippen LogP contribution >= 0.6 is 0 Å². The van der Waals surface area contributed by atoms with Gasteiger partial charge in [0, 0.05) is 131 Å². The number of furan rings is 1. The van der Waals surface area contributed by atoms with Gasteiger partial charge < -0.3 is 4.42 Å². The van der Waals surface area contributed by atoms with Crippen molar-refractivity contribution in [2.24, 2.45) is 0 Å². The molecule has 5 aliphatic rings. The van der Waals surface area contributed by atoms with E-state index >= 15 is 0 Å². The van der Waals surface area contributed by atoms with E-state index in [2.05, 4.69) is 271 Å². The Kier molecular flexibility index (Phi) is 20.8. The van der Waals surface area contributed by atoms with Crippen LogP contribution < -0.4 is 4.90 Å². The first-order chi connectivity index (χ1) is 68.7. The first-order valence-electron chi connectivity index (χ1n) is 47.7. The fraction of sp³-hybridized carbons (Fsp3) is 0.121. The summed E-state index contributed by atoms with van der Waals surface area (Å²) < 4.78 is 6.24. The molecule has 0 bridgehead atoms. The van der Waals surface area contributed by atoms with Crippen molar-refractivity contribution >= 4 is 50.3 Å². The van der Waals surface area contributed by atoms with Gasteiger partial charge in [0.1, 0.15) is 28.2 Å². The van der Waals surface area contributed by atoms with Crippen LogP contribution in [-0.4, -0.2) is 74.8 Å². The Hall–Kier alpha value is -17.6. The van der Waals surface area contributed by atoms with Crippen molar-refractivity contribution < 1.29 is 4.42 Å². The smallest absolute Gasteiger partial charge is 0.234 e. The lowest BCUT2D eigenvalue weighted by Crippen LogP contribution is -2.20. The Labute approximate surface area is 817 Å². The Balaban J connectivity index is 0.000000102. The zero-order chi connectivity index (χ0) is 95.6. The Morgan fingerprint density at radius 3 is 1.44 bits per heavy atom. The van der Waals surface area contributed by atoms with E-state index in [4.69, 9.17) is 64.2 Å². The summed E-state index contributed by atoms with van der Waals surface area (Å²) in [6, 6.07) is 120. The van der Waals surface area contributed by atoms with Gasteiger partial charge >= 0.3 is 0 Å². The first-order valence-corrected chi connectivity index (χ1v) is 47.7. The van der Waals surface area contributed by atoms with Gasteiger partial charge in [0.15, 0.2) is 17.5 Å². The van der Waals surface area contributed by atoms with Gasteiger partial charge in [-0.25, -0.2) is 59.8 Å². The molecule has 5 aliphatic carbocycles. The highest BCUT2D eigenvalue weighted by Crippen LogP contribution is 2.57. The lowest BCUT2D eigenvalue weighted by Gasteiger charge is -2.26. The molecular weight excluding hydrogens is 1730 g/mol. The minimum Gasteiger partial charge on any atom is -0.455 e. The van der Waals surface area contributed by atoms with Crippen molar-refractivity contribution in [1.29, 1.82) is 0 Å². The SMILES string of the molecule is CC1(C)c2cnc(-c3ccccc3)cc2-c2cnc(N(c3ccccc3)c3ccccc3)nc21.CC1(C)c2cnc(-c3ccccc3)nc2-c2nc(-c3cccc4c3oc3ccccc34)ncc21.CC1(C)c2nc(-c3cccc4c3C(C)(C)c3ccccc3-4)c(-c3ccccc3)nc2-c2nc3ccccc3nc21.CC1(C)c2nc(-c3ccccc3-c3ccccc3)ccc2-c2cnc(-c3ccccn3)nc21. The van der Waals surface area contributed by atoms with Crippen molar-refractivity contribution in [3.8, 4) is 147 Å². The van der Waals surface area contributed by atoms with Crippen molar-refractivity contribution in [3.05, 3.63) is 445 Å². The van der Waals surface area contributed by atoms with Gasteiger partial charge in [0.2, 0.25) is 5.95 Å². The molecule has 0 fully saturated rings. The number of hydrogen-bond acceptors (Lipinski definition) is 17. The average molecular weight is 1820 g/mol. The molecule has 12 aromatic carbocycles. The highest BCUT2D eigenvalue weighted by molar-refractivity contribution is 6.09. The number of anilines is 3. The summed E-state index contributed by atoms with van der Waals surface area (Å²) in [4.78, 5) is 76.7. The van der Waals surface area contributed by atoms with Crippen LogP contribution in [0.3, 0.4) is 0 Å². The molecule has 676 valence electrons. The normalized spacial score (nSPS) is 14.0. The average Bonchev–Trinajstić information content (AvgIpc) is 1.47. The molecule has 0 amide bonds. The third-order valence-corrected chi connectivity index (χ3v) is 28.5. The molecule has 0 aliphatic heterocycles. The standard InChI is InChI=1S/C36H28N4.C30H24N4.C29H20N4O.C29H22N4/c1-35(2)25-18-9-8-15-22(25)23-16-12-17-24(28(23)35)30-29(21-13-6-5-7-14-21)39-32-31-33(36(3,4)34(32)40-30)38-27-20-11-10-19-26(27)37-31;1-30(2)26-20-31-27(21-12-6-3-7-13-21)18-24(26)25-19-32-29(33-28(25)30)34(22-14-8-4-9-15-22)23-16-10-5-11-17-23;1-29(2)21-15-30-27(17-9-4-3-5-10-17)32-24(21)25-22(29)16-31-28(33-25)20-13-8-12-19-18-11-6-7-14-23(18)34-26(19)20;1-29(2)26-22(23-18-31-28(33-27(23)29)25-14-8-9-17-30-25)15-16-24(32-26)21-13-7-6-12-20(21)19-10-4-3-5-11-19/h5-20H,1-4H3;3-20H,1-2H3;3-16H,1-2H3;3-18H,1-2H3. The molecule has 10 aromatic heterocycles. The lowest BCUT2D eigenvalue weighted by molar-refractivity contribution is 0.615. The molecule has 22 aromatic rings. The summed E-state index contributed by atoms with van der Waals surface area (Å²) in [6.07, 6.45) is 11.5. The van der Waals surface area contributed by atoms with Gasteiger partial charge in [0.05, 0.1) is 90.1 Å². The fourth-order valence-electron chi connectivity index (χ4n) is 21.2. The number of benzene rings is 12. The summed E-state index contributed by atoms with van der Waals surface area (Å²) in [5.41, 5.74) is 38.3. The van der Waals surface area contributed by atoms with Gasteiger partial charge in [-0.1, -0.05) is 321 Å². The van der Waals surface area contributed by atoms with Crippen molar-refractivity contribution in [1.82, 2.24) is 74.8 Å². The van der Waals surface area contributed by atoms with Crippen molar-refractivity contribution in [2.75, 3.05) is 4.90 Å². The van der Waals surface area contributed by atoms with Gasteiger partial charge in [0.25, 0.3) is 0 Å². The van der Waals surface area contributed by atoms with E-state index in [-0.39, 0.29) is 21.7 Å². The monoisotopic (exact) mass is 1820 g/mol. The summed E-state index contributed by atoms with van der Waals surface area (Å²) >= 11 is 0. The summed E-state index contributed by atoms with van der Waals surface area (Å²) in [5, 5.41) is 2.15. The largest absolute Gasteiger partial charge is 0.455 e. The van der Waals surface area contributed by atoms with Gasteiger partial charge in [-0.3, -0.25) is 19.9 Å². The topological polar surface area (TPSA) is 210 Å². The van der Waals surface area contributed by atoms with E-state index in [0.717, 1.165) is 191 Å². The Bertz CT molecular complexity index is 8660. The maximum absolute atomic E-state index is 6.24. The minimum absolute atomic E-state index is 0.170. The number of para-hydroxylation sites is 6. The fourth-order valence-corrected chi connectivity index (χ4v) is 21.2. The van der Waals surface area contributed by atoms with Gasteiger partial charge in [-0.15, -0.1) is 0 Å². The minimum atomic E-state index is -0.435. The van der Waals surface area contributed by atoms with E-state index < -0.39 is 5.41 Å². The highest BCUT2D eigenvalue weighted by Gasteiger charge is 2.47. The van der Waals surface area contributed by atoms with Crippen LogP contribution in [0.4, 0.5) is 17.3 Å². The van der Waals surface area contributed by atoms with E-state index in [0.29, 0.717) is 23.4 Å². The molecular formula is C124H94N16O. The maximum atomic E-state index is 6.24. The van der Waals surface area contributed by atoms with Crippen LogP contribution in [0.1, 0.15) is 126 Å². The van der Waals surface area contributed by atoms with E-state index in [1.54, 1.807) is 6.20 Å². The quantitative estimate of drug-likeness (QED) is 0.118. The second-order valence-electron chi connectivity index (χ2n) is 38.9. The van der Waals surface area contributed by atoms with Crippen LogP contribution in [0, 0.1) is 0 Å². The predicted octanol–water partition coefficient (Wildman–Crippen LogP) is 29.1. The summed E-state index contributed by atoms with van der Waals surface area (Å²) in [7, 11) is 0. The second-order valence-corrected chi connectivity index (χ2v) is 38.9. The van der Waals surface area contributed by atoms with Gasteiger partial charge in [-0.2, -0.15) is 0 Å². The molecule has 141 heavy (non-hydrogen) atoms. The molecule has 0 spiro atoms. The highest BCUT2D eigenvalue weighted by atomic mass is 16.3. The third-order valence-electron chi connectivity index (χ3n) is 28.5. The second kappa shape index (κ2) is 34.0. The van der Waals surface area contributed by atoms with Crippen molar-refractivity contribution in [2.45, 2.75) is 96.3 Å². The van der Waals surface area contributed by atoms with Crippen LogP contribution in [0.25, 0.3) is 180 Å². The molecule has 0 unspecified atom stereocenters. The molecule has 17 heteroatoms. The molecule has 0 radical (unpaired) electrons. The molecule has 10 heterocycles. The summed E-state index contributed by atoms with van der Waals surface area (Å²) in [5.74, 6) is 2.63. The summed E-state index contributed by atoms with van der Waals surface area (Å²) in [6.45, 7) is 22.2. The number of pyridine rings is 3. The van der Waals surface area contributed by atoms with Gasteiger partial charge in [-0.05, 0) is 145 Å². The molecule has 0 atom stereocenters. The molecule has 0 N–H and O–H groups in total. The predicted molar refractivity (Wildman–Crippen MR) is 563 cm³/mol. The number of fused-ring (bicyclic) bond motifs is 19. The molecule has 17 nitrogen and oxygen atoms in total. The molecule has 27 rings (SSSR count). The van der Waals surface area contributed by atoms with E-state index in [1.807, 2.05) is 201 Å². The van der Waals surface area contributed by atoms with Crippen LogP contribution in [0.5, 0.6) is 0 Å². The Morgan fingerprint density at radius 2 is 0.738 bits per heavy atom. The number of aromatic nitrogens is 15. The lowest BCUT2D eigenvalue weighted by atomic mass is 9.79.